The smallest absolute Gasteiger partial charge is 0.119 e. The van der Waals surface area contributed by atoms with Gasteiger partial charge in [-0.3, -0.25) is 0 Å². The molecule has 0 radical (unpaired) electrons. The summed E-state index contributed by atoms with van der Waals surface area (Å²) in [5, 5.41) is 0.728. The van der Waals surface area contributed by atoms with Crippen molar-refractivity contribution in [1.29, 1.82) is 0 Å². The van der Waals surface area contributed by atoms with Crippen LogP contribution in [0.25, 0.3) is 0 Å². The van der Waals surface area contributed by atoms with E-state index in [1.54, 1.807) is 0 Å². The Morgan fingerprint density at radius 2 is 1.76 bits per heavy atom. The molecule has 0 unspecified atom stereocenters. The maximum absolute atomic E-state index is 5.79. The molecule has 3 nitrogen and oxygen atoms in total. The van der Waals surface area contributed by atoms with Crippen molar-refractivity contribution < 1.29 is 9.47 Å². The van der Waals surface area contributed by atoms with Crippen LogP contribution < -0.4 is 4.74 Å². The molecule has 0 spiro atoms. The standard InChI is InChI=1S/C13H20ClNO2/c1-3-16-10-8-15(2)9-11-17-13-6-4-12(14)5-7-13/h4-7H,3,8-11H2,1-2H3. The zero-order chi connectivity index (χ0) is 12.5. The molecule has 17 heavy (non-hydrogen) atoms. The van der Waals surface area contributed by atoms with E-state index in [2.05, 4.69) is 11.9 Å². The zero-order valence-electron chi connectivity index (χ0n) is 10.5. The molecule has 1 aromatic rings. The Morgan fingerprint density at radius 1 is 1.12 bits per heavy atom. The number of hydrogen-bond acceptors (Lipinski definition) is 3. The van der Waals surface area contributed by atoms with Crippen LogP contribution >= 0.6 is 11.6 Å². The average Bonchev–Trinajstić information content (AvgIpc) is 2.32. The lowest BCUT2D eigenvalue weighted by atomic mass is 10.3. The SMILES string of the molecule is CCOCCN(C)CCOc1ccc(Cl)cc1. The van der Waals surface area contributed by atoms with Crippen molar-refractivity contribution in [1.82, 2.24) is 4.90 Å². The molecular formula is C13H20ClNO2. The molecule has 0 atom stereocenters. The maximum Gasteiger partial charge on any atom is 0.119 e. The van der Waals surface area contributed by atoms with Crippen molar-refractivity contribution in [2.45, 2.75) is 6.92 Å². The van der Waals surface area contributed by atoms with Gasteiger partial charge in [0, 0.05) is 24.7 Å². The molecule has 0 N–H and O–H groups in total. The van der Waals surface area contributed by atoms with Crippen molar-refractivity contribution in [2.24, 2.45) is 0 Å². The summed E-state index contributed by atoms with van der Waals surface area (Å²) < 4.78 is 10.9. The Labute approximate surface area is 108 Å². The van der Waals surface area contributed by atoms with Crippen LogP contribution in [0.4, 0.5) is 0 Å². The van der Waals surface area contributed by atoms with Gasteiger partial charge in [0.15, 0.2) is 0 Å². The maximum atomic E-state index is 5.79. The first-order valence-electron chi connectivity index (χ1n) is 5.87. The van der Waals surface area contributed by atoms with Crippen LogP contribution in [0.2, 0.25) is 5.02 Å². The highest BCUT2D eigenvalue weighted by atomic mass is 35.5. The largest absolute Gasteiger partial charge is 0.492 e. The summed E-state index contributed by atoms with van der Waals surface area (Å²) in [6.45, 7) is 6.03. The van der Waals surface area contributed by atoms with E-state index in [-0.39, 0.29) is 0 Å². The minimum Gasteiger partial charge on any atom is -0.492 e. The van der Waals surface area contributed by atoms with Gasteiger partial charge in [0.25, 0.3) is 0 Å². The van der Waals surface area contributed by atoms with Gasteiger partial charge < -0.3 is 14.4 Å². The van der Waals surface area contributed by atoms with Gasteiger partial charge in [0.2, 0.25) is 0 Å². The number of benzene rings is 1. The lowest BCUT2D eigenvalue weighted by molar-refractivity contribution is 0.116. The minimum absolute atomic E-state index is 0.671. The van der Waals surface area contributed by atoms with E-state index < -0.39 is 0 Å². The Kier molecular flexibility index (Phi) is 7.01. The highest BCUT2D eigenvalue weighted by Gasteiger charge is 1.99. The van der Waals surface area contributed by atoms with Crippen molar-refractivity contribution in [3.8, 4) is 5.75 Å². The van der Waals surface area contributed by atoms with E-state index in [9.17, 15) is 0 Å². The molecule has 0 saturated heterocycles. The number of nitrogens with zero attached hydrogens (tertiary/aromatic N) is 1. The monoisotopic (exact) mass is 257 g/mol. The summed E-state index contributed by atoms with van der Waals surface area (Å²) in [5.74, 6) is 0.854. The molecule has 0 bridgehead atoms. The Balaban J connectivity index is 2.12. The lowest BCUT2D eigenvalue weighted by Gasteiger charge is -2.16. The van der Waals surface area contributed by atoms with Crippen molar-refractivity contribution in [3.63, 3.8) is 0 Å². The second-order valence-corrected chi connectivity index (χ2v) is 4.24. The highest BCUT2D eigenvalue weighted by Crippen LogP contribution is 2.15. The van der Waals surface area contributed by atoms with Gasteiger partial charge in [0.1, 0.15) is 12.4 Å². The number of hydrogen-bond donors (Lipinski definition) is 0. The molecule has 0 aliphatic rings. The second-order valence-electron chi connectivity index (χ2n) is 3.80. The van der Waals surface area contributed by atoms with Gasteiger partial charge in [-0.15, -0.1) is 0 Å². The second kappa shape index (κ2) is 8.34. The fourth-order valence-corrected chi connectivity index (χ4v) is 1.45. The third-order valence-corrected chi connectivity index (χ3v) is 2.63. The normalized spacial score (nSPS) is 10.8. The van der Waals surface area contributed by atoms with Gasteiger partial charge >= 0.3 is 0 Å². The third kappa shape index (κ3) is 6.51. The van der Waals surface area contributed by atoms with E-state index in [0.29, 0.717) is 6.61 Å². The summed E-state index contributed by atoms with van der Waals surface area (Å²) >= 11 is 5.79. The molecule has 0 heterocycles. The van der Waals surface area contributed by atoms with Crippen LogP contribution in [0.5, 0.6) is 5.75 Å². The molecule has 4 heteroatoms. The molecule has 0 amide bonds. The van der Waals surface area contributed by atoms with Crippen LogP contribution in [-0.4, -0.2) is 44.9 Å². The summed E-state index contributed by atoms with van der Waals surface area (Å²) in [5.41, 5.74) is 0. The Bertz CT molecular complexity index is 303. The van der Waals surface area contributed by atoms with E-state index in [1.165, 1.54) is 0 Å². The number of halogens is 1. The molecule has 96 valence electrons. The van der Waals surface area contributed by atoms with E-state index >= 15 is 0 Å². The average molecular weight is 258 g/mol. The van der Waals surface area contributed by atoms with Crippen molar-refractivity contribution >= 4 is 11.6 Å². The molecule has 0 aliphatic heterocycles. The van der Waals surface area contributed by atoms with Crippen molar-refractivity contribution in [2.75, 3.05) is 40.0 Å². The van der Waals surface area contributed by atoms with Gasteiger partial charge in [0.05, 0.1) is 6.61 Å². The van der Waals surface area contributed by atoms with Crippen LogP contribution in [0, 0.1) is 0 Å². The first kappa shape index (κ1) is 14.3. The van der Waals surface area contributed by atoms with E-state index in [4.69, 9.17) is 21.1 Å². The lowest BCUT2D eigenvalue weighted by Crippen LogP contribution is -2.27. The van der Waals surface area contributed by atoms with Gasteiger partial charge in [-0.1, -0.05) is 11.6 Å². The summed E-state index contributed by atoms with van der Waals surface area (Å²) in [7, 11) is 2.06. The van der Waals surface area contributed by atoms with E-state index in [0.717, 1.165) is 37.1 Å². The number of ether oxygens (including phenoxy) is 2. The molecular weight excluding hydrogens is 238 g/mol. The Morgan fingerprint density at radius 3 is 2.41 bits per heavy atom. The first-order chi connectivity index (χ1) is 8.22. The zero-order valence-corrected chi connectivity index (χ0v) is 11.2. The molecule has 0 fully saturated rings. The topological polar surface area (TPSA) is 21.7 Å². The fourth-order valence-electron chi connectivity index (χ4n) is 1.33. The minimum atomic E-state index is 0.671. The molecule has 1 aromatic carbocycles. The molecule has 0 aromatic heterocycles. The van der Waals surface area contributed by atoms with Gasteiger partial charge in [-0.2, -0.15) is 0 Å². The van der Waals surface area contributed by atoms with Crippen molar-refractivity contribution in [3.05, 3.63) is 29.3 Å². The molecule has 0 aliphatic carbocycles. The molecule has 1 rings (SSSR count). The quantitative estimate of drug-likeness (QED) is 0.669. The van der Waals surface area contributed by atoms with Gasteiger partial charge in [-0.25, -0.2) is 0 Å². The number of likely N-dealkylation sites (N-methyl/N-ethyl adjacent to an activating group) is 1. The Hall–Kier alpha value is -0.770. The summed E-state index contributed by atoms with van der Waals surface area (Å²) in [4.78, 5) is 2.19. The molecule has 0 saturated carbocycles. The van der Waals surface area contributed by atoms with Crippen LogP contribution in [0.15, 0.2) is 24.3 Å². The van der Waals surface area contributed by atoms with Crippen LogP contribution in [0.3, 0.4) is 0 Å². The summed E-state index contributed by atoms with van der Waals surface area (Å²) in [6.07, 6.45) is 0. The fraction of sp³-hybridized carbons (Fsp3) is 0.538. The van der Waals surface area contributed by atoms with E-state index in [1.807, 2.05) is 31.2 Å². The predicted molar refractivity (Wildman–Crippen MR) is 70.9 cm³/mol. The predicted octanol–water partition coefficient (Wildman–Crippen LogP) is 2.69. The van der Waals surface area contributed by atoms with Gasteiger partial charge in [-0.05, 0) is 38.2 Å². The highest BCUT2D eigenvalue weighted by molar-refractivity contribution is 6.30. The number of rotatable bonds is 8. The van der Waals surface area contributed by atoms with Crippen LogP contribution in [-0.2, 0) is 4.74 Å². The van der Waals surface area contributed by atoms with Crippen LogP contribution in [0.1, 0.15) is 6.92 Å². The first-order valence-corrected chi connectivity index (χ1v) is 6.25. The third-order valence-electron chi connectivity index (χ3n) is 2.38. The summed E-state index contributed by atoms with van der Waals surface area (Å²) in [6, 6.07) is 7.41.